The molecule has 0 aromatic heterocycles. The molecule has 19 heteroatoms. The van der Waals surface area contributed by atoms with Crippen molar-refractivity contribution in [2.45, 2.75) is 143 Å². The Labute approximate surface area is 840 Å². The number of rotatable bonds is 13. The number of ether oxygens (including phenoxy) is 10. The van der Waals surface area contributed by atoms with Crippen LogP contribution in [-0.4, -0.2) is 58.8 Å². The van der Waals surface area contributed by atoms with Gasteiger partial charge in [-0.05, 0) is 396 Å². The van der Waals surface area contributed by atoms with Crippen molar-refractivity contribution < 1.29 is 71.3 Å². The molecular formula is C115H98I4O15. The minimum Gasteiger partial charge on any atom is -0.428 e. The molecule has 0 saturated heterocycles. The summed E-state index contributed by atoms with van der Waals surface area (Å²) in [6, 6.07) is 102. The second-order valence-electron chi connectivity index (χ2n) is 35.3. The van der Waals surface area contributed by atoms with E-state index in [9.17, 15) is 24.0 Å². The zero-order chi connectivity index (χ0) is 96.6. The minimum absolute atomic E-state index is 0.259. The maximum absolute atomic E-state index is 12.7. The molecule has 0 spiro atoms. The van der Waals surface area contributed by atoms with Crippen LogP contribution in [0.1, 0.15) is 198 Å². The van der Waals surface area contributed by atoms with E-state index in [-0.39, 0.29) is 28.4 Å². The van der Waals surface area contributed by atoms with Crippen LogP contribution in [0.3, 0.4) is 0 Å². The molecule has 0 saturated carbocycles. The van der Waals surface area contributed by atoms with E-state index in [0.717, 1.165) is 22.3 Å². The van der Waals surface area contributed by atoms with Gasteiger partial charge in [-0.1, -0.05) is 211 Å². The third-order valence-electron chi connectivity index (χ3n) is 19.3. The molecule has 0 aliphatic carbocycles. The first kappa shape index (κ1) is 101. The second kappa shape index (κ2) is 45.6. The molecule has 0 amide bonds. The molecule has 15 nitrogen and oxygen atoms in total. The van der Waals surface area contributed by atoms with Gasteiger partial charge in [-0.3, -0.25) is 0 Å². The molecule has 0 radical (unpaired) electrons. The van der Waals surface area contributed by atoms with Crippen LogP contribution in [0, 0.1) is 74.0 Å². The van der Waals surface area contributed by atoms with Crippen LogP contribution < -0.4 is 23.7 Å². The normalized spacial score (nSPS) is 11.1. The Balaban J connectivity index is 0.000000309. The number of terminal acetylenes is 1. The van der Waals surface area contributed by atoms with Gasteiger partial charge in [0.2, 0.25) is 0 Å². The highest BCUT2D eigenvalue weighted by atomic mass is 127. The van der Waals surface area contributed by atoms with Crippen molar-refractivity contribution in [2.75, 3.05) is 0 Å². The van der Waals surface area contributed by atoms with Crippen LogP contribution in [-0.2, 0) is 34.5 Å². The zero-order valence-electron chi connectivity index (χ0n) is 76.7. The van der Waals surface area contributed by atoms with Gasteiger partial charge in [0.05, 0.1) is 38.6 Å². The van der Waals surface area contributed by atoms with Gasteiger partial charge >= 0.3 is 30.8 Å². The predicted molar refractivity (Wildman–Crippen MR) is 559 cm³/mol. The molecule has 0 fully saturated rings. The van der Waals surface area contributed by atoms with E-state index < -0.39 is 64.2 Å². The van der Waals surface area contributed by atoms with Crippen molar-refractivity contribution in [3.05, 3.63) is 424 Å². The molecule has 0 atom stereocenters. The van der Waals surface area contributed by atoms with E-state index in [1.165, 1.54) is 36.5 Å². The Morgan fingerprint density at radius 2 is 0.358 bits per heavy atom. The number of para-hydroxylation sites is 5. The highest BCUT2D eigenvalue weighted by molar-refractivity contribution is 14.1. The van der Waals surface area contributed by atoms with Crippen molar-refractivity contribution in [2.24, 2.45) is 0 Å². The van der Waals surface area contributed by atoms with Gasteiger partial charge in [0.25, 0.3) is 0 Å². The van der Waals surface area contributed by atoms with Gasteiger partial charge in [0, 0.05) is 36.5 Å². The monoisotopic (exact) mass is 2230 g/mol. The van der Waals surface area contributed by atoms with Crippen molar-refractivity contribution in [3.63, 3.8) is 0 Å². The molecule has 134 heavy (non-hydrogen) atoms. The quantitative estimate of drug-likeness (QED) is 0.0266. The molecule has 0 aliphatic rings. The first-order valence-corrected chi connectivity index (χ1v) is 46.9. The molecule has 0 bridgehead atoms. The fourth-order valence-corrected chi connectivity index (χ4v) is 15.1. The summed E-state index contributed by atoms with van der Waals surface area (Å²) in [6.07, 6.45) is 1.16. The summed E-state index contributed by atoms with van der Waals surface area (Å²) in [5, 5.41) is 0. The maximum atomic E-state index is 12.7. The summed E-state index contributed by atoms with van der Waals surface area (Å²) < 4.78 is 59.1. The Kier molecular flexibility index (Phi) is 34.5. The first-order chi connectivity index (χ1) is 63.6. The van der Waals surface area contributed by atoms with Gasteiger partial charge in [0.15, 0.2) is 0 Å². The van der Waals surface area contributed by atoms with Gasteiger partial charge < -0.3 is 47.4 Å². The first-order valence-electron chi connectivity index (χ1n) is 42.6. The van der Waals surface area contributed by atoms with E-state index >= 15 is 0 Å². The van der Waals surface area contributed by atoms with Gasteiger partial charge in [0.1, 0.15) is 56.8 Å². The van der Waals surface area contributed by atoms with Crippen LogP contribution in [0.2, 0.25) is 0 Å². The Morgan fingerprint density at radius 3 is 0.522 bits per heavy atom. The van der Waals surface area contributed by atoms with E-state index in [0.29, 0.717) is 55.8 Å². The average Bonchev–Trinajstić information content (AvgIpc) is 0.736. The van der Waals surface area contributed by atoms with E-state index in [2.05, 4.69) is 241 Å². The zero-order valence-corrected chi connectivity index (χ0v) is 85.4. The Bertz CT molecular complexity index is 5930. The lowest BCUT2D eigenvalue weighted by molar-refractivity contribution is 0.0192. The summed E-state index contributed by atoms with van der Waals surface area (Å²) in [5.74, 6) is 29.6. The number of carbonyl (C=O) groups excluding carboxylic acids is 5. The Hall–Kier alpha value is -13.1. The number of hydrogen-bond donors (Lipinski definition) is 0. The van der Waals surface area contributed by atoms with E-state index in [4.69, 9.17) is 53.8 Å². The maximum Gasteiger partial charge on any atom is 0.514 e. The lowest BCUT2D eigenvalue weighted by Gasteiger charge is -2.37. The van der Waals surface area contributed by atoms with Crippen molar-refractivity contribution in [3.8, 4) is 88.5 Å². The standard InChI is InChI=1S/C77H68O12.C25H16I4.C13H14O3/c1-73(2,3)86-69(78)82-65-25-17-13-21-57(65)41-29-53-33-45-61(46-34-53)77(62-47-35-54(36-48-62)30-42-58-22-14-18-26-66(58)83-70(79)87-74(4,5)6,63-49-37-55(38-50-63)31-43-59-23-15-19-27-67(59)84-71(80)88-75(7,8)9)64-51-39-56(40-52-64)32-44-60-24-16-20-28-68(60)85-72(81)89-76(10,11)12;26-21-9-1-17(2-10-21)25(18-3-11-22(27)12-4-18,19-5-13-23(28)14-6-19)20-7-15-24(29)16-8-20;1-5-10-8-6-7-9-11(10)15-12(14)16-13(2,3)4/h13-28,33-40,45-52H,1-12H3;1-16H;1,6-9H,2-4H3. The van der Waals surface area contributed by atoms with Crippen molar-refractivity contribution in [1.29, 1.82) is 0 Å². The van der Waals surface area contributed by atoms with E-state index in [1.807, 2.05) is 121 Å². The highest BCUT2D eigenvalue weighted by Gasteiger charge is 2.41. The SMILES string of the molecule is C#Cc1ccccc1OC(=O)OC(C)(C)C.CC(C)(C)OC(=O)Oc1ccccc1C#Cc1ccc(C(c2ccc(C#Cc3ccccc3OC(=O)OC(C)(C)C)cc2)(c2ccc(C#Cc3ccccc3OC(=O)OC(C)(C)C)cc2)c2ccc(C#Cc3ccccc3OC(=O)OC(C)(C)C)cc2)cc1.Ic1ccc(C(c2ccc(I)cc2)(c2ccc(I)cc2)c2ccc(I)cc2)cc1. The van der Waals surface area contributed by atoms with Gasteiger partial charge in [-0.2, -0.15) is 0 Å². The van der Waals surface area contributed by atoms with Crippen molar-refractivity contribution in [1.82, 2.24) is 0 Å². The minimum atomic E-state index is -1.06. The molecular weight excluding hydrogens is 2130 g/mol. The smallest absolute Gasteiger partial charge is 0.428 e. The molecule has 0 aliphatic heterocycles. The molecule has 13 aromatic rings. The number of hydrogen-bond acceptors (Lipinski definition) is 15. The molecule has 13 rings (SSSR count). The topological polar surface area (TPSA) is 178 Å². The summed E-state index contributed by atoms with van der Waals surface area (Å²) >= 11 is 9.52. The summed E-state index contributed by atoms with van der Waals surface area (Å²) in [5.41, 5.74) is 8.74. The predicted octanol–water partition coefficient (Wildman–Crippen LogP) is 28.4. The fourth-order valence-electron chi connectivity index (χ4n) is 13.7. The fraction of sp³-hybridized carbons (Fsp3) is 0.191. The molecule has 0 unspecified atom stereocenters. The molecule has 676 valence electrons. The largest absolute Gasteiger partial charge is 0.514 e. The van der Waals surface area contributed by atoms with E-state index in [1.54, 1.807) is 201 Å². The molecule has 0 heterocycles. The highest BCUT2D eigenvalue weighted by Crippen LogP contribution is 2.48. The number of benzene rings is 13. The van der Waals surface area contributed by atoms with Crippen LogP contribution in [0.25, 0.3) is 0 Å². The number of halogens is 4. The summed E-state index contributed by atoms with van der Waals surface area (Å²) in [6.45, 7) is 26.4. The van der Waals surface area contributed by atoms with Crippen LogP contribution in [0.15, 0.2) is 315 Å². The van der Waals surface area contributed by atoms with Crippen LogP contribution >= 0.6 is 90.4 Å². The lowest BCUT2D eigenvalue weighted by Crippen LogP contribution is -2.31. The number of carbonyl (C=O) groups is 5. The molecule has 13 aromatic carbocycles. The second-order valence-corrected chi connectivity index (χ2v) is 40.3. The lowest BCUT2D eigenvalue weighted by atomic mass is 9.65. The third-order valence-corrected chi connectivity index (χ3v) is 22.1. The summed E-state index contributed by atoms with van der Waals surface area (Å²) in [4.78, 5) is 62.3. The van der Waals surface area contributed by atoms with Crippen molar-refractivity contribution >= 4 is 121 Å². The average molecular weight is 2230 g/mol. The molecule has 0 N–H and O–H groups in total. The van der Waals surface area contributed by atoms with Crippen LogP contribution in [0.5, 0.6) is 28.7 Å². The third kappa shape index (κ3) is 29.5. The van der Waals surface area contributed by atoms with Crippen LogP contribution in [0.4, 0.5) is 24.0 Å². The summed E-state index contributed by atoms with van der Waals surface area (Å²) in [7, 11) is 0. The van der Waals surface area contributed by atoms with Gasteiger partial charge in [-0.25, -0.2) is 24.0 Å². The Morgan fingerprint density at radius 1 is 0.209 bits per heavy atom. The van der Waals surface area contributed by atoms with Gasteiger partial charge in [-0.15, -0.1) is 6.42 Å².